The van der Waals surface area contributed by atoms with Crippen LogP contribution in [0.5, 0.6) is 0 Å². The first-order valence-electron chi connectivity index (χ1n) is 5.79. The molecule has 0 atom stereocenters. The van der Waals surface area contributed by atoms with Crippen LogP contribution in [0, 0.1) is 5.92 Å². The number of hydrazone groups is 1. The van der Waals surface area contributed by atoms with Crippen LogP contribution in [0.1, 0.15) is 5.56 Å². The minimum atomic E-state index is -1.12. The van der Waals surface area contributed by atoms with Crippen molar-refractivity contribution in [3.05, 3.63) is 30.1 Å². The van der Waals surface area contributed by atoms with Gasteiger partial charge < -0.3 is 14.6 Å². The van der Waals surface area contributed by atoms with Crippen LogP contribution in [0.15, 0.2) is 29.6 Å². The molecule has 0 radical (unpaired) electrons. The summed E-state index contributed by atoms with van der Waals surface area (Å²) in [5.74, 6) is -0.0991. The van der Waals surface area contributed by atoms with Gasteiger partial charge in [0.1, 0.15) is 6.79 Å². The van der Waals surface area contributed by atoms with Crippen molar-refractivity contribution in [2.24, 2.45) is 11.0 Å². The summed E-state index contributed by atoms with van der Waals surface area (Å²) in [6, 6.07) is 3.56. The van der Waals surface area contributed by atoms with Crippen molar-refractivity contribution in [2.75, 3.05) is 27.1 Å². The van der Waals surface area contributed by atoms with Crippen LogP contribution in [0.25, 0.3) is 0 Å². The molecule has 1 aromatic rings. The number of nitrogens with zero attached hydrogens (tertiary/aromatic N) is 3. The Bertz CT molecular complexity index is 457. The summed E-state index contributed by atoms with van der Waals surface area (Å²) in [5.41, 5.74) is 1.43. The van der Waals surface area contributed by atoms with Gasteiger partial charge in [-0.15, -0.1) is 0 Å². The Morgan fingerprint density at radius 2 is 2.05 bits per heavy atom. The van der Waals surface area contributed by atoms with Crippen LogP contribution < -0.4 is 0 Å². The number of carbonyl (C=O) groups is 1. The standard InChI is InChI=1S/C12H15N3O4/c1-15(12(16)17)14-11(9-2-4-13-5-3-9)10-6-18-8-19-7-10/h2-5,10H,6-8H2,1H3,(H,16,17). The largest absolute Gasteiger partial charge is 0.464 e. The fourth-order valence-electron chi connectivity index (χ4n) is 1.75. The van der Waals surface area contributed by atoms with Crippen LogP contribution in [-0.2, 0) is 9.47 Å². The average molecular weight is 265 g/mol. The van der Waals surface area contributed by atoms with E-state index in [9.17, 15) is 4.79 Å². The van der Waals surface area contributed by atoms with Gasteiger partial charge in [-0.1, -0.05) is 0 Å². The van der Waals surface area contributed by atoms with Gasteiger partial charge in [0.15, 0.2) is 0 Å². The number of aromatic nitrogens is 1. The van der Waals surface area contributed by atoms with E-state index in [1.807, 2.05) is 0 Å². The summed E-state index contributed by atoms with van der Waals surface area (Å²) in [4.78, 5) is 14.8. The Balaban J connectivity index is 2.30. The molecule has 0 aliphatic carbocycles. The number of pyridine rings is 1. The van der Waals surface area contributed by atoms with Gasteiger partial charge in [0.2, 0.25) is 0 Å². The Morgan fingerprint density at radius 3 is 2.63 bits per heavy atom. The van der Waals surface area contributed by atoms with E-state index in [1.165, 1.54) is 7.05 Å². The summed E-state index contributed by atoms with van der Waals surface area (Å²) in [5, 5.41) is 13.9. The van der Waals surface area contributed by atoms with Gasteiger partial charge in [-0.05, 0) is 12.1 Å². The zero-order valence-electron chi connectivity index (χ0n) is 10.5. The molecule has 1 aromatic heterocycles. The molecule has 1 N–H and O–H groups in total. The van der Waals surface area contributed by atoms with E-state index in [0.717, 1.165) is 10.6 Å². The van der Waals surface area contributed by atoms with E-state index in [2.05, 4.69) is 10.1 Å². The zero-order valence-corrected chi connectivity index (χ0v) is 10.5. The van der Waals surface area contributed by atoms with Crippen molar-refractivity contribution in [1.82, 2.24) is 9.99 Å². The van der Waals surface area contributed by atoms with E-state index in [0.29, 0.717) is 18.9 Å². The maximum Gasteiger partial charge on any atom is 0.427 e. The fraction of sp³-hybridized carbons (Fsp3) is 0.417. The number of ether oxygens (including phenoxy) is 2. The van der Waals surface area contributed by atoms with E-state index < -0.39 is 6.09 Å². The topological polar surface area (TPSA) is 84.3 Å². The Hall–Kier alpha value is -1.99. The summed E-state index contributed by atoms with van der Waals surface area (Å²) in [7, 11) is 1.38. The molecule has 1 aliphatic rings. The lowest BCUT2D eigenvalue weighted by molar-refractivity contribution is -0.111. The van der Waals surface area contributed by atoms with E-state index >= 15 is 0 Å². The quantitative estimate of drug-likeness (QED) is 0.651. The first kappa shape index (κ1) is 13.4. The molecular formula is C12H15N3O4. The predicted molar refractivity (Wildman–Crippen MR) is 66.8 cm³/mol. The van der Waals surface area contributed by atoms with E-state index in [-0.39, 0.29) is 12.7 Å². The lowest BCUT2D eigenvalue weighted by atomic mass is 9.98. The first-order valence-corrected chi connectivity index (χ1v) is 5.79. The highest BCUT2D eigenvalue weighted by Gasteiger charge is 2.23. The van der Waals surface area contributed by atoms with E-state index in [1.54, 1.807) is 24.5 Å². The maximum atomic E-state index is 10.9. The highest BCUT2D eigenvalue weighted by atomic mass is 16.7. The first-order chi connectivity index (χ1) is 9.18. The smallest absolute Gasteiger partial charge is 0.427 e. The van der Waals surface area contributed by atoms with Crippen molar-refractivity contribution >= 4 is 11.8 Å². The number of amides is 1. The van der Waals surface area contributed by atoms with Crippen molar-refractivity contribution in [2.45, 2.75) is 0 Å². The lowest BCUT2D eigenvalue weighted by Crippen LogP contribution is -2.33. The van der Waals surface area contributed by atoms with Crippen molar-refractivity contribution in [3.8, 4) is 0 Å². The molecule has 1 aliphatic heterocycles. The van der Waals surface area contributed by atoms with Crippen LogP contribution >= 0.6 is 0 Å². The van der Waals surface area contributed by atoms with Gasteiger partial charge in [-0.3, -0.25) is 4.98 Å². The minimum absolute atomic E-state index is 0.0991. The lowest BCUT2D eigenvalue weighted by Gasteiger charge is -2.24. The zero-order chi connectivity index (χ0) is 13.7. The molecule has 0 bridgehead atoms. The number of carboxylic acid groups (broad SMARTS) is 1. The van der Waals surface area contributed by atoms with Crippen molar-refractivity contribution in [1.29, 1.82) is 0 Å². The Morgan fingerprint density at radius 1 is 1.42 bits per heavy atom. The monoisotopic (exact) mass is 265 g/mol. The van der Waals surface area contributed by atoms with Gasteiger partial charge in [0, 0.05) is 25.0 Å². The molecule has 7 nitrogen and oxygen atoms in total. The number of hydrogen-bond donors (Lipinski definition) is 1. The molecule has 2 rings (SSSR count). The molecule has 1 fully saturated rings. The minimum Gasteiger partial charge on any atom is -0.464 e. The van der Waals surface area contributed by atoms with Crippen molar-refractivity contribution < 1.29 is 19.4 Å². The van der Waals surface area contributed by atoms with Crippen LogP contribution in [-0.4, -0.2) is 54.0 Å². The van der Waals surface area contributed by atoms with Crippen molar-refractivity contribution in [3.63, 3.8) is 0 Å². The molecule has 0 unspecified atom stereocenters. The summed E-state index contributed by atoms with van der Waals surface area (Å²) in [6.45, 7) is 1.16. The van der Waals surface area contributed by atoms with Crippen LogP contribution in [0.3, 0.4) is 0 Å². The summed E-state index contributed by atoms with van der Waals surface area (Å²) < 4.78 is 10.5. The highest BCUT2D eigenvalue weighted by Crippen LogP contribution is 2.15. The van der Waals surface area contributed by atoms with Gasteiger partial charge in [0.05, 0.1) is 24.8 Å². The van der Waals surface area contributed by atoms with Gasteiger partial charge in [0.25, 0.3) is 0 Å². The SMILES string of the molecule is CN(N=C(c1ccncc1)C1COCOC1)C(=O)O. The second-order valence-corrected chi connectivity index (χ2v) is 4.08. The predicted octanol–water partition coefficient (Wildman–Crippen LogP) is 1.02. The third kappa shape index (κ3) is 3.49. The molecule has 7 heteroatoms. The maximum absolute atomic E-state index is 10.9. The molecule has 0 saturated carbocycles. The molecular weight excluding hydrogens is 250 g/mol. The highest BCUT2D eigenvalue weighted by molar-refractivity contribution is 6.02. The van der Waals surface area contributed by atoms with Gasteiger partial charge in [-0.25, -0.2) is 9.80 Å². The molecule has 1 saturated heterocycles. The summed E-state index contributed by atoms with van der Waals surface area (Å²) >= 11 is 0. The normalized spacial score (nSPS) is 17.2. The van der Waals surface area contributed by atoms with Crippen LogP contribution in [0.2, 0.25) is 0 Å². The van der Waals surface area contributed by atoms with Gasteiger partial charge in [-0.2, -0.15) is 5.10 Å². The van der Waals surface area contributed by atoms with E-state index in [4.69, 9.17) is 14.6 Å². The Labute approximate surface area is 110 Å². The number of hydrogen-bond acceptors (Lipinski definition) is 5. The molecule has 19 heavy (non-hydrogen) atoms. The number of rotatable bonds is 3. The molecule has 1 amide bonds. The third-order valence-corrected chi connectivity index (χ3v) is 2.70. The molecule has 0 spiro atoms. The third-order valence-electron chi connectivity index (χ3n) is 2.70. The average Bonchev–Trinajstić information content (AvgIpc) is 2.46. The molecule has 2 heterocycles. The van der Waals surface area contributed by atoms with Gasteiger partial charge >= 0.3 is 6.09 Å². The second-order valence-electron chi connectivity index (χ2n) is 4.08. The second kappa shape index (κ2) is 6.26. The molecule has 102 valence electrons. The molecule has 0 aromatic carbocycles. The Kier molecular flexibility index (Phi) is 4.43. The summed E-state index contributed by atoms with van der Waals surface area (Å²) in [6.07, 6.45) is 2.15. The van der Waals surface area contributed by atoms with Crippen LogP contribution in [0.4, 0.5) is 4.79 Å². The fourth-order valence-corrected chi connectivity index (χ4v) is 1.75.